The van der Waals surface area contributed by atoms with Crippen molar-refractivity contribution in [3.05, 3.63) is 200 Å². The number of aromatic nitrogens is 3. The molecule has 0 saturated carbocycles. The molecule has 0 N–H and O–H groups in total. The molecule has 0 amide bonds. The van der Waals surface area contributed by atoms with Gasteiger partial charge in [-0.15, -0.1) is 11.3 Å². The Morgan fingerprint density at radius 2 is 0.855 bits per heavy atom. The zero-order valence-electron chi connectivity index (χ0n) is 29.8. The molecule has 0 atom stereocenters. The largest absolute Gasteiger partial charge is 0.256 e. The van der Waals surface area contributed by atoms with E-state index in [4.69, 9.17) is 9.97 Å². The van der Waals surface area contributed by atoms with E-state index in [0.717, 1.165) is 50.5 Å². The maximum atomic E-state index is 5.31. The molecule has 3 aromatic heterocycles. The monoisotopic (exact) mass is 719 g/mol. The van der Waals surface area contributed by atoms with Crippen molar-refractivity contribution in [1.82, 2.24) is 15.0 Å². The number of fused-ring (bicyclic) bond motifs is 3. The summed E-state index contributed by atoms with van der Waals surface area (Å²) in [7, 11) is 0. The average molecular weight is 720 g/mol. The lowest BCUT2D eigenvalue weighted by Crippen LogP contribution is -1.97. The first-order valence-corrected chi connectivity index (χ1v) is 19.2. The van der Waals surface area contributed by atoms with E-state index in [9.17, 15) is 0 Å². The molecule has 3 nitrogen and oxygen atoms in total. The zero-order valence-corrected chi connectivity index (χ0v) is 30.6. The fourth-order valence-corrected chi connectivity index (χ4v) is 8.73. The Balaban J connectivity index is 1.22. The fourth-order valence-electron chi connectivity index (χ4n) is 7.50. The highest BCUT2D eigenvalue weighted by Crippen LogP contribution is 2.43. The Morgan fingerprint density at radius 1 is 0.327 bits per heavy atom. The third kappa shape index (κ3) is 6.29. The van der Waals surface area contributed by atoms with Crippen molar-refractivity contribution >= 4 is 31.5 Å². The van der Waals surface area contributed by atoms with E-state index in [0.29, 0.717) is 5.82 Å². The lowest BCUT2D eigenvalue weighted by atomic mass is 9.90. The second-order valence-corrected chi connectivity index (χ2v) is 14.7. The first-order valence-electron chi connectivity index (χ1n) is 18.4. The predicted octanol–water partition coefficient (Wildman–Crippen LogP) is 13.9. The average Bonchev–Trinajstić information content (AvgIpc) is 3.66. The van der Waals surface area contributed by atoms with Gasteiger partial charge in [0.05, 0.1) is 17.1 Å². The van der Waals surface area contributed by atoms with Crippen molar-refractivity contribution in [3.63, 3.8) is 0 Å². The third-order valence-corrected chi connectivity index (χ3v) is 11.4. The molecule has 0 bridgehead atoms. The van der Waals surface area contributed by atoms with Gasteiger partial charge in [0, 0.05) is 48.6 Å². The molecule has 55 heavy (non-hydrogen) atoms. The highest BCUT2D eigenvalue weighted by molar-refractivity contribution is 7.26. The molecule has 0 saturated heterocycles. The van der Waals surface area contributed by atoms with Crippen molar-refractivity contribution in [2.45, 2.75) is 0 Å². The minimum Gasteiger partial charge on any atom is -0.256 e. The van der Waals surface area contributed by atoms with Gasteiger partial charge >= 0.3 is 0 Å². The fraction of sp³-hybridized carbons (Fsp3) is 0. The van der Waals surface area contributed by atoms with Crippen molar-refractivity contribution in [2.24, 2.45) is 0 Å². The molecular formula is C51H33N3S. The maximum Gasteiger partial charge on any atom is 0.160 e. The maximum absolute atomic E-state index is 5.31. The summed E-state index contributed by atoms with van der Waals surface area (Å²) >= 11 is 1.85. The third-order valence-electron chi connectivity index (χ3n) is 10.1. The summed E-state index contributed by atoms with van der Waals surface area (Å²) in [6, 6.07) is 68.5. The number of nitrogens with zero attached hydrogens (tertiary/aromatic N) is 3. The highest BCUT2D eigenvalue weighted by atomic mass is 32.1. The van der Waals surface area contributed by atoms with Crippen LogP contribution in [0.25, 0.3) is 98.7 Å². The standard InChI is InChI=1S/C51H33N3S/c1-3-15-34(16-4-1)41-21-7-8-22-42(41)38-30-39(43-24-14-25-45-44-23-9-10-27-49(44)55-50(43)45)32-40(31-38)48-33-47(53-51(54-48)35-17-5-2-6-18-35)37-20-13-19-36(29-37)46-26-11-12-28-52-46/h1-33H. The van der Waals surface area contributed by atoms with Crippen molar-refractivity contribution in [2.75, 3.05) is 0 Å². The first kappa shape index (κ1) is 32.6. The number of benzene rings is 7. The van der Waals surface area contributed by atoms with Crippen LogP contribution in [-0.2, 0) is 0 Å². The van der Waals surface area contributed by atoms with Gasteiger partial charge in [0.1, 0.15) is 0 Å². The normalized spacial score (nSPS) is 11.3. The van der Waals surface area contributed by atoms with E-state index >= 15 is 0 Å². The van der Waals surface area contributed by atoms with Gasteiger partial charge in [-0.1, -0.05) is 146 Å². The molecule has 4 heteroatoms. The van der Waals surface area contributed by atoms with Crippen LogP contribution in [-0.4, -0.2) is 15.0 Å². The Kier molecular flexibility index (Phi) is 8.36. The summed E-state index contributed by atoms with van der Waals surface area (Å²) in [5.41, 5.74) is 13.7. The summed E-state index contributed by atoms with van der Waals surface area (Å²) in [5, 5.41) is 2.56. The predicted molar refractivity (Wildman–Crippen MR) is 231 cm³/mol. The summed E-state index contributed by atoms with van der Waals surface area (Å²) in [4.78, 5) is 15.1. The quantitative estimate of drug-likeness (QED) is 0.165. The number of hydrogen-bond acceptors (Lipinski definition) is 4. The minimum atomic E-state index is 0.680. The molecule has 10 aromatic rings. The Hall–Kier alpha value is -7.01. The van der Waals surface area contributed by atoms with Crippen LogP contribution in [0.1, 0.15) is 0 Å². The van der Waals surface area contributed by atoms with E-state index < -0.39 is 0 Å². The Labute approximate surface area is 323 Å². The molecule has 0 aliphatic heterocycles. The van der Waals surface area contributed by atoms with Crippen LogP contribution >= 0.6 is 11.3 Å². The summed E-state index contributed by atoms with van der Waals surface area (Å²) < 4.78 is 2.57. The van der Waals surface area contributed by atoms with Crippen LogP contribution in [0.15, 0.2) is 200 Å². The summed E-state index contributed by atoms with van der Waals surface area (Å²) in [6.07, 6.45) is 1.83. The molecule has 0 radical (unpaired) electrons. The lowest BCUT2D eigenvalue weighted by Gasteiger charge is -2.16. The Morgan fingerprint density at radius 3 is 1.62 bits per heavy atom. The van der Waals surface area contributed by atoms with Crippen LogP contribution < -0.4 is 0 Å². The van der Waals surface area contributed by atoms with E-state index in [1.54, 1.807) is 0 Å². The van der Waals surface area contributed by atoms with E-state index in [2.05, 4.69) is 163 Å². The van der Waals surface area contributed by atoms with Gasteiger partial charge in [-0.25, -0.2) is 9.97 Å². The summed E-state index contributed by atoms with van der Waals surface area (Å²) in [6.45, 7) is 0. The molecule has 7 aromatic carbocycles. The minimum absolute atomic E-state index is 0.680. The first-order chi connectivity index (χ1) is 27.2. The second kappa shape index (κ2) is 14.1. The van der Waals surface area contributed by atoms with Crippen LogP contribution in [0.3, 0.4) is 0 Å². The van der Waals surface area contributed by atoms with Gasteiger partial charge in [0.25, 0.3) is 0 Å². The number of hydrogen-bond donors (Lipinski definition) is 0. The van der Waals surface area contributed by atoms with Gasteiger partial charge in [0.15, 0.2) is 5.82 Å². The highest BCUT2D eigenvalue weighted by Gasteiger charge is 2.17. The number of rotatable bonds is 7. The van der Waals surface area contributed by atoms with Crippen LogP contribution in [0.4, 0.5) is 0 Å². The molecule has 258 valence electrons. The van der Waals surface area contributed by atoms with Gasteiger partial charge < -0.3 is 0 Å². The molecule has 0 aliphatic carbocycles. The molecule has 3 heterocycles. The molecule has 0 fully saturated rings. The van der Waals surface area contributed by atoms with Crippen molar-refractivity contribution in [3.8, 4) is 78.5 Å². The van der Waals surface area contributed by atoms with Gasteiger partial charge in [-0.05, 0) is 81.9 Å². The molecule has 0 aliphatic rings. The smallest absolute Gasteiger partial charge is 0.160 e. The molecule has 0 spiro atoms. The SMILES string of the molecule is c1ccc(-c2nc(-c3cccc(-c4ccccn4)c3)cc(-c3cc(-c4ccccc4-c4ccccc4)cc(-c4cccc5c4sc4ccccc45)c3)n2)cc1. The molecular weight excluding hydrogens is 687 g/mol. The van der Waals surface area contributed by atoms with Crippen molar-refractivity contribution in [1.29, 1.82) is 0 Å². The number of thiophene rings is 1. The van der Waals surface area contributed by atoms with E-state index in [1.807, 2.05) is 53.9 Å². The van der Waals surface area contributed by atoms with Gasteiger partial charge in [0.2, 0.25) is 0 Å². The van der Waals surface area contributed by atoms with Crippen LogP contribution in [0.5, 0.6) is 0 Å². The summed E-state index contributed by atoms with van der Waals surface area (Å²) in [5.74, 6) is 0.680. The van der Waals surface area contributed by atoms with E-state index in [1.165, 1.54) is 42.4 Å². The number of pyridine rings is 1. The Bertz CT molecular complexity index is 2970. The zero-order chi connectivity index (χ0) is 36.6. The molecule has 0 unspecified atom stereocenters. The van der Waals surface area contributed by atoms with E-state index in [-0.39, 0.29) is 0 Å². The van der Waals surface area contributed by atoms with Crippen LogP contribution in [0, 0.1) is 0 Å². The topological polar surface area (TPSA) is 38.7 Å². The van der Waals surface area contributed by atoms with Gasteiger partial charge in [-0.3, -0.25) is 4.98 Å². The van der Waals surface area contributed by atoms with Crippen molar-refractivity contribution < 1.29 is 0 Å². The second-order valence-electron chi connectivity index (χ2n) is 13.6. The van der Waals surface area contributed by atoms with Crippen LogP contribution in [0.2, 0.25) is 0 Å². The van der Waals surface area contributed by atoms with Gasteiger partial charge in [-0.2, -0.15) is 0 Å². The molecule has 10 rings (SSSR count). The lowest BCUT2D eigenvalue weighted by molar-refractivity contribution is 1.18.